The van der Waals surface area contributed by atoms with Gasteiger partial charge in [0.05, 0.1) is 5.71 Å². The minimum Gasteiger partial charge on any atom is -0.481 e. The zero-order valence-electron chi connectivity index (χ0n) is 10.4. The Bertz CT molecular complexity index is 306. The highest BCUT2D eigenvalue weighted by Crippen LogP contribution is 2.28. The lowest BCUT2D eigenvalue weighted by molar-refractivity contribution is -0.139. The van der Waals surface area contributed by atoms with Crippen molar-refractivity contribution >= 4 is 17.5 Å². The second-order valence-electron chi connectivity index (χ2n) is 4.83. The number of aliphatic carboxylic acids is 1. The number of ketones is 1. The molecular weight excluding hydrogens is 218 g/mol. The number of hydrogen-bond donors (Lipinski definition) is 2. The normalized spacial score (nSPS) is 17.9. The summed E-state index contributed by atoms with van der Waals surface area (Å²) in [5.74, 6) is -1.67. The molecule has 0 saturated heterocycles. The lowest BCUT2D eigenvalue weighted by Crippen LogP contribution is -2.29. The summed E-state index contributed by atoms with van der Waals surface area (Å²) >= 11 is 0. The largest absolute Gasteiger partial charge is 0.481 e. The maximum Gasteiger partial charge on any atom is 0.312 e. The second kappa shape index (κ2) is 6.52. The summed E-state index contributed by atoms with van der Waals surface area (Å²) in [5, 5.41) is 16.5. The highest BCUT2D eigenvalue weighted by Gasteiger charge is 2.26. The van der Waals surface area contributed by atoms with Crippen LogP contribution >= 0.6 is 0 Å². The van der Waals surface area contributed by atoms with Crippen LogP contribution in [0.1, 0.15) is 51.9 Å². The zero-order chi connectivity index (χ0) is 12.8. The summed E-state index contributed by atoms with van der Waals surface area (Å²) in [6.07, 6.45) is 6.30. The molecule has 17 heavy (non-hydrogen) atoms. The zero-order valence-corrected chi connectivity index (χ0v) is 10.4. The Morgan fingerprint density at radius 1 is 1.35 bits per heavy atom. The van der Waals surface area contributed by atoms with Crippen molar-refractivity contribution in [2.24, 2.45) is 11.8 Å². The van der Waals surface area contributed by atoms with Gasteiger partial charge >= 0.3 is 5.97 Å². The van der Waals surface area contributed by atoms with Gasteiger partial charge in [0.2, 0.25) is 0 Å². The van der Waals surface area contributed by atoms with Crippen molar-refractivity contribution < 1.29 is 14.7 Å². The summed E-state index contributed by atoms with van der Waals surface area (Å²) in [5.41, 5.74) is -0.224. The number of Topliss-reactive ketones (excluding diaryl/α,β-unsaturated/α-hetero) is 1. The predicted molar refractivity (Wildman–Crippen MR) is 65.3 cm³/mol. The van der Waals surface area contributed by atoms with E-state index < -0.39 is 11.9 Å². The van der Waals surface area contributed by atoms with Crippen molar-refractivity contribution in [1.82, 2.24) is 0 Å². The number of carboxylic acid groups (broad SMARTS) is 1. The molecule has 0 heterocycles. The minimum atomic E-state index is -1.06. The quantitative estimate of drug-likeness (QED) is 0.670. The van der Waals surface area contributed by atoms with Gasteiger partial charge in [-0.05, 0) is 18.8 Å². The fourth-order valence-corrected chi connectivity index (χ4v) is 2.47. The molecule has 96 valence electrons. The SMILES string of the molecule is CC[C@@H](C(=N)C(=O)CCC1CCCC1)C(=O)O. The molecule has 4 nitrogen and oxygen atoms in total. The molecular formula is C13H21NO3. The highest BCUT2D eigenvalue weighted by molar-refractivity contribution is 6.42. The number of hydrogen-bond acceptors (Lipinski definition) is 3. The van der Waals surface area contributed by atoms with E-state index in [1.165, 1.54) is 25.7 Å². The van der Waals surface area contributed by atoms with E-state index in [-0.39, 0.29) is 11.5 Å². The van der Waals surface area contributed by atoms with Crippen LogP contribution in [0.2, 0.25) is 0 Å². The van der Waals surface area contributed by atoms with Crippen LogP contribution in [-0.2, 0) is 9.59 Å². The molecule has 1 rings (SSSR count). The van der Waals surface area contributed by atoms with E-state index in [4.69, 9.17) is 10.5 Å². The molecule has 0 aromatic rings. The van der Waals surface area contributed by atoms with Gasteiger partial charge in [-0.2, -0.15) is 0 Å². The van der Waals surface area contributed by atoms with E-state index in [0.717, 1.165) is 6.42 Å². The van der Waals surface area contributed by atoms with Crippen LogP contribution in [0.15, 0.2) is 0 Å². The molecule has 1 aliphatic carbocycles. The first-order valence-electron chi connectivity index (χ1n) is 6.40. The maximum atomic E-state index is 11.7. The number of nitrogens with one attached hydrogen (secondary N) is 1. The molecule has 1 fully saturated rings. The van der Waals surface area contributed by atoms with E-state index in [0.29, 0.717) is 18.8 Å². The third-order valence-electron chi connectivity index (χ3n) is 3.61. The lowest BCUT2D eigenvalue weighted by atomic mass is 9.92. The first kappa shape index (κ1) is 13.9. The monoisotopic (exact) mass is 239 g/mol. The Balaban J connectivity index is 2.40. The molecule has 0 amide bonds. The van der Waals surface area contributed by atoms with Gasteiger partial charge in [-0.15, -0.1) is 0 Å². The highest BCUT2D eigenvalue weighted by atomic mass is 16.4. The summed E-state index contributed by atoms with van der Waals surface area (Å²) < 4.78 is 0. The van der Waals surface area contributed by atoms with Gasteiger partial charge in [0.25, 0.3) is 0 Å². The number of carbonyl (C=O) groups is 2. The smallest absolute Gasteiger partial charge is 0.312 e. The van der Waals surface area contributed by atoms with Gasteiger partial charge in [0.1, 0.15) is 5.92 Å². The summed E-state index contributed by atoms with van der Waals surface area (Å²) in [4.78, 5) is 22.6. The molecule has 0 spiro atoms. The molecule has 1 saturated carbocycles. The van der Waals surface area contributed by atoms with E-state index in [2.05, 4.69) is 0 Å². The third kappa shape index (κ3) is 3.95. The fraction of sp³-hybridized carbons (Fsp3) is 0.769. The molecule has 0 aromatic heterocycles. The second-order valence-corrected chi connectivity index (χ2v) is 4.83. The van der Waals surface area contributed by atoms with Crippen LogP contribution in [0.4, 0.5) is 0 Å². The average Bonchev–Trinajstić information content (AvgIpc) is 2.78. The molecule has 0 aliphatic heterocycles. The minimum absolute atomic E-state index is 0.224. The van der Waals surface area contributed by atoms with Crippen LogP contribution in [0.3, 0.4) is 0 Å². The van der Waals surface area contributed by atoms with Crippen molar-refractivity contribution in [1.29, 1.82) is 5.41 Å². The van der Waals surface area contributed by atoms with Gasteiger partial charge < -0.3 is 10.5 Å². The molecule has 0 radical (unpaired) electrons. The van der Waals surface area contributed by atoms with Crippen LogP contribution in [0, 0.1) is 17.2 Å². The van der Waals surface area contributed by atoms with Crippen molar-refractivity contribution in [2.75, 3.05) is 0 Å². The maximum absolute atomic E-state index is 11.7. The van der Waals surface area contributed by atoms with E-state index >= 15 is 0 Å². The topological polar surface area (TPSA) is 78.2 Å². The van der Waals surface area contributed by atoms with Crippen LogP contribution in [0.25, 0.3) is 0 Å². The molecule has 0 aromatic carbocycles. The Morgan fingerprint density at radius 3 is 2.41 bits per heavy atom. The van der Waals surface area contributed by atoms with E-state index in [9.17, 15) is 9.59 Å². The van der Waals surface area contributed by atoms with Crippen molar-refractivity contribution in [3.8, 4) is 0 Å². The van der Waals surface area contributed by atoms with Gasteiger partial charge in [0, 0.05) is 6.42 Å². The number of carbonyl (C=O) groups excluding carboxylic acids is 1. The number of carboxylic acids is 1. The van der Waals surface area contributed by atoms with Crippen molar-refractivity contribution in [3.63, 3.8) is 0 Å². The Morgan fingerprint density at radius 2 is 1.94 bits per heavy atom. The molecule has 0 unspecified atom stereocenters. The molecule has 2 N–H and O–H groups in total. The first-order valence-corrected chi connectivity index (χ1v) is 6.40. The van der Waals surface area contributed by atoms with Crippen LogP contribution < -0.4 is 0 Å². The first-order chi connectivity index (χ1) is 8.06. The predicted octanol–water partition coefficient (Wildman–Crippen LogP) is 2.66. The molecule has 1 atom stereocenters. The number of rotatable bonds is 7. The Kier molecular flexibility index (Phi) is 5.32. The third-order valence-corrected chi connectivity index (χ3v) is 3.61. The summed E-state index contributed by atoms with van der Waals surface area (Å²) in [6, 6.07) is 0. The average molecular weight is 239 g/mol. The van der Waals surface area contributed by atoms with Gasteiger partial charge in [-0.1, -0.05) is 32.6 Å². The van der Waals surface area contributed by atoms with E-state index in [1.807, 2.05) is 0 Å². The van der Waals surface area contributed by atoms with E-state index in [1.54, 1.807) is 6.92 Å². The summed E-state index contributed by atoms with van der Waals surface area (Å²) in [6.45, 7) is 1.69. The molecule has 0 bridgehead atoms. The fourth-order valence-electron chi connectivity index (χ4n) is 2.47. The standard InChI is InChI=1S/C13H21NO3/c1-2-10(13(16)17)12(14)11(15)8-7-9-5-3-4-6-9/h9-10,14H,2-8H2,1H3,(H,16,17)/t10-/m0/s1. The van der Waals surface area contributed by atoms with Crippen LogP contribution in [-0.4, -0.2) is 22.6 Å². The van der Waals surface area contributed by atoms with Gasteiger partial charge in [-0.3, -0.25) is 9.59 Å². The van der Waals surface area contributed by atoms with Crippen molar-refractivity contribution in [3.05, 3.63) is 0 Å². The van der Waals surface area contributed by atoms with Gasteiger partial charge in [0.15, 0.2) is 5.78 Å². The van der Waals surface area contributed by atoms with Crippen LogP contribution in [0.5, 0.6) is 0 Å². The summed E-state index contributed by atoms with van der Waals surface area (Å²) in [7, 11) is 0. The van der Waals surface area contributed by atoms with Gasteiger partial charge in [-0.25, -0.2) is 0 Å². The lowest BCUT2D eigenvalue weighted by Gasteiger charge is -2.12. The molecule has 1 aliphatic rings. The van der Waals surface area contributed by atoms with Crippen molar-refractivity contribution in [2.45, 2.75) is 51.9 Å². The Labute approximate surface area is 102 Å². The Hall–Kier alpha value is -1.19. The molecule has 4 heteroatoms.